The largest absolute Gasteiger partial charge is 0.379 e. The number of nitrogens with zero attached hydrogens (tertiary/aromatic N) is 2. The molecule has 2 rings (SSSR count). The summed E-state index contributed by atoms with van der Waals surface area (Å²) in [5.74, 6) is 0. The van der Waals surface area contributed by atoms with Crippen LogP contribution in [0.25, 0.3) is 0 Å². The third kappa shape index (κ3) is 6.09. The first kappa shape index (κ1) is 16.4. The molecule has 1 saturated heterocycles. The Kier molecular flexibility index (Phi) is 7.08. The van der Waals surface area contributed by atoms with Crippen molar-refractivity contribution in [3.63, 3.8) is 0 Å². The third-order valence-electron chi connectivity index (χ3n) is 3.09. The van der Waals surface area contributed by atoms with Gasteiger partial charge in [0.15, 0.2) is 5.11 Å². The number of halogens is 1. The van der Waals surface area contributed by atoms with E-state index in [2.05, 4.69) is 36.7 Å². The van der Waals surface area contributed by atoms with Gasteiger partial charge >= 0.3 is 0 Å². The lowest BCUT2D eigenvalue weighted by Crippen LogP contribution is -2.42. The summed E-state index contributed by atoms with van der Waals surface area (Å²) in [5, 5.41) is 7.80. The Balaban J connectivity index is 1.64. The van der Waals surface area contributed by atoms with Gasteiger partial charge in [0.05, 0.1) is 19.4 Å². The van der Waals surface area contributed by atoms with Crippen molar-refractivity contribution in [1.82, 2.24) is 15.6 Å². The fourth-order valence-corrected chi connectivity index (χ4v) is 2.47. The third-order valence-corrected chi connectivity index (χ3v) is 4.05. The Hall–Kier alpha value is -1.02. The Morgan fingerprint density at radius 2 is 2.14 bits per heavy atom. The molecule has 1 aromatic carbocycles. The van der Waals surface area contributed by atoms with E-state index in [4.69, 9.17) is 17.0 Å². The van der Waals surface area contributed by atoms with E-state index in [1.165, 1.54) is 0 Å². The number of thiocarbonyl (C=S) groups is 1. The molecule has 1 aromatic rings. The van der Waals surface area contributed by atoms with Crippen molar-refractivity contribution in [2.24, 2.45) is 5.10 Å². The van der Waals surface area contributed by atoms with Crippen molar-refractivity contribution in [2.45, 2.75) is 0 Å². The first-order valence-corrected chi connectivity index (χ1v) is 8.07. The number of nitrogens with one attached hydrogen (secondary N) is 2. The fraction of sp³-hybridized carbons (Fsp3) is 0.429. The van der Waals surface area contributed by atoms with Crippen molar-refractivity contribution >= 4 is 39.5 Å². The molecule has 0 amide bonds. The van der Waals surface area contributed by atoms with Crippen LogP contribution in [0.5, 0.6) is 0 Å². The summed E-state index contributed by atoms with van der Waals surface area (Å²) in [6, 6.07) is 7.88. The van der Waals surface area contributed by atoms with Crippen LogP contribution in [0.15, 0.2) is 33.8 Å². The molecule has 21 heavy (non-hydrogen) atoms. The van der Waals surface area contributed by atoms with Crippen molar-refractivity contribution in [3.05, 3.63) is 34.3 Å². The van der Waals surface area contributed by atoms with E-state index >= 15 is 0 Å². The average Bonchev–Trinajstić information content (AvgIpc) is 2.50. The van der Waals surface area contributed by atoms with Crippen molar-refractivity contribution in [3.8, 4) is 0 Å². The zero-order chi connectivity index (χ0) is 14.9. The Bertz CT molecular complexity index is 492. The molecular formula is C14H19BrN4OS. The number of rotatable bonds is 5. The smallest absolute Gasteiger partial charge is 0.187 e. The maximum Gasteiger partial charge on any atom is 0.187 e. The molecule has 5 nitrogen and oxygen atoms in total. The van der Waals surface area contributed by atoms with Crippen molar-refractivity contribution < 1.29 is 4.74 Å². The molecule has 1 heterocycles. The predicted octanol–water partition coefficient (Wildman–Crippen LogP) is 1.58. The Morgan fingerprint density at radius 1 is 1.38 bits per heavy atom. The quantitative estimate of drug-likeness (QED) is 0.468. The van der Waals surface area contributed by atoms with E-state index in [0.29, 0.717) is 5.11 Å². The SMILES string of the molecule is S=C(NCCN1CCOCC1)N/N=C\c1ccccc1Br. The molecule has 0 spiro atoms. The first-order chi connectivity index (χ1) is 10.3. The predicted molar refractivity (Wildman–Crippen MR) is 92.7 cm³/mol. The van der Waals surface area contributed by atoms with E-state index in [1.807, 2.05) is 24.3 Å². The molecule has 0 aliphatic carbocycles. The molecule has 1 aliphatic rings. The standard InChI is InChI=1S/C14H19BrN4OS/c15-13-4-2-1-3-12(13)11-17-18-14(21)16-5-6-19-7-9-20-10-8-19/h1-4,11H,5-10H2,(H2,16,18,21)/b17-11-. The molecule has 7 heteroatoms. The Labute approximate surface area is 138 Å². The fourth-order valence-electron chi connectivity index (χ4n) is 1.93. The van der Waals surface area contributed by atoms with E-state index in [0.717, 1.165) is 49.4 Å². The normalized spacial score (nSPS) is 16.0. The minimum atomic E-state index is 0.534. The van der Waals surface area contributed by atoms with Gasteiger partial charge in [-0.15, -0.1) is 0 Å². The van der Waals surface area contributed by atoms with Crippen LogP contribution in [-0.4, -0.2) is 55.6 Å². The number of morpholine rings is 1. The van der Waals surface area contributed by atoms with E-state index in [-0.39, 0.29) is 0 Å². The van der Waals surface area contributed by atoms with Gasteiger partial charge in [0, 0.05) is 36.2 Å². The van der Waals surface area contributed by atoms with Gasteiger partial charge in [-0.05, 0) is 18.3 Å². The van der Waals surface area contributed by atoms with Crippen molar-refractivity contribution in [1.29, 1.82) is 0 Å². The van der Waals surface area contributed by atoms with Crippen molar-refractivity contribution in [2.75, 3.05) is 39.4 Å². The molecule has 0 saturated carbocycles. The lowest BCUT2D eigenvalue weighted by atomic mass is 10.2. The van der Waals surface area contributed by atoms with Gasteiger partial charge in [0.25, 0.3) is 0 Å². The summed E-state index contributed by atoms with van der Waals surface area (Å²) in [6.45, 7) is 5.37. The maximum absolute atomic E-state index is 5.31. The second-order valence-corrected chi connectivity index (χ2v) is 5.86. The lowest BCUT2D eigenvalue weighted by Gasteiger charge is -2.26. The topological polar surface area (TPSA) is 48.9 Å². The van der Waals surface area contributed by atoms with Crippen LogP contribution < -0.4 is 10.7 Å². The van der Waals surface area contributed by atoms with Crippen LogP contribution in [0.4, 0.5) is 0 Å². The highest BCUT2D eigenvalue weighted by atomic mass is 79.9. The number of hydrazone groups is 1. The van der Waals surface area contributed by atoms with E-state index in [9.17, 15) is 0 Å². The molecular weight excluding hydrogens is 352 g/mol. The summed E-state index contributed by atoms with van der Waals surface area (Å²) in [7, 11) is 0. The second kappa shape index (κ2) is 9.09. The van der Waals surface area contributed by atoms with Gasteiger partial charge < -0.3 is 10.1 Å². The zero-order valence-corrected chi connectivity index (χ0v) is 14.1. The van der Waals surface area contributed by atoms with Gasteiger partial charge in [-0.2, -0.15) is 5.10 Å². The summed E-state index contributed by atoms with van der Waals surface area (Å²) in [6.07, 6.45) is 1.74. The van der Waals surface area contributed by atoms with Crippen LogP contribution in [0, 0.1) is 0 Å². The first-order valence-electron chi connectivity index (χ1n) is 6.87. The van der Waals surface area contributed by atoms with Gasteiger partial charge in [0.2, 0.25) is 0 Å². The molecule has 1 aliphatic heterocycles. The summed E-state index contributed by atoms with van der Waals surface area (Å²) in [5.41, 5.74) is 3.82. The highest BCUT2D eigenvalue weighted by molar-refractivity contribution is 9.10. The number of hydrogen-bond donors (Lipinski definition) is 2. The molecule has 1 fully saturated rings. The van der Waals surface area contributed by atoms with E-state index in [1.54, 1.807) is 6.21 Å². The summed E-state index contributed by atoms with van der Waals surface area (Å²) >= 11 is 8.64. The van der Waals surface area contributed by atoms with Crippen LogP contribution in [0.1, 0.15) is 5.56 Å². The highest BCUT2D eigenvalue weighted by Crippen LogP contribution is 2.13. The van der Waals surface area contributed by atoms with Crippen LogP contribution >= 0.6 is 28.1 Å². The molecule has 0 aromatic heterocycles. The number of ether oxygens (including phenoxy) is 1. The number of hydrogen-bond acceptors (Lipinski definition) is 4. The number of benzene rings is 1. The van der Waals surface area contributed by atoms with Gasteiger partial charge in [-0.25, -0.2) is 0 Å². The molecule has 0 atom stereocenters. The monoisotopic (exact) mass is 370 g/mol. The van der Waals surface area contributed by atoms with Crippen LogP contribution in [0.3, 0.4) is 0 Å². The second-order valence-electron chi connectivity index (χ2n) is 4.60. The highest BCUT2D eigenvalue weighted by Gasteiger charge is 2.09. The molecule has 2 N–H and O–H groups in total. The molecule has 0 radical (unpaired) electrons. The maximum atomic E-state index is 5.31. The van der Waals surface area contributed by atoms with E-state index < -0.39 is 0 Å². The molecule has 114 valence electrons. The Morgan fingerprint density at radius 3 is 2.90 bits per heavy atom. The van der Waals surface area contributed by atoms with Gasteiger partial charge in [-0.3, -0.25) is 10.3 Å². The van der Waals surface area contributed by atoms with Crippen LogP contribution in [-0.2, 0) is 4.74 Å². The zero-order valence-electron chi connectivity index (χ0n) is 11.7. The molecule has 0 unspecified atom stereocenters. The van der Waals surface area contributed by atoms with Crippen LogP contribution in [0.2, 0.25) is 0 Å². The van der Waals surface area contributed by atoms with Gasteiger partial charge in [0.1, 0.15) is 0 Å². The minimum absolute atomic E-state index is 0.534. The summed E-state index contributed by atoms with van der Waals surface area (Å²) < 4.78 is 6.31. The lowest BCUT2D eigenvalue weighted by molar-refractivity contribution is 0.0389. The summed E-state index contributed by atoms with van der Waals surface area (Å²) in [4.78, 5) is 2.35. The van der Waals surface area contributed by atoms with Gasteiger partial charge in [-0.1, -0.05) is 34.1 Å². The minimum Gasteiger partial charge on any atom is -0.379 e. The molecule has 0 bridgehead atoms. The average molecular weight is 371 g/mol.